The number of rotatable bonds is 6. The van der Waals surface area contributed by atoms with Gasteiger partial charge < -0.3 is 10.1 Å². The molecule has 1 atom stereocenters. The molecule has 0 fully saturated rings. The standard InChI is InChI=1S/C18H23NO/c1-14(2)18(16-9-5-4-6-10-16)19-13-15-8-7-11-17(12-15)20-3/h4-12,14,18-19H,13H2,1-3H3. The molecule has 0 saturated heterocycles. The van der Waals surface area contributed by atoms with Crippen LogP contribution in [-0.2, 0) is 6.54 Å². The van der Waals surface area contributed by atoms with Crippen LogP contribution in [-0.4, -0.2) is 7.11 Å². The lowest BCUT2D eigenvalue weighted by Gasteiger charge is -2.23. The third-order valence-electron chi connectivity index (χ3n) is 3.49. The molecule has 20 heavy (non-hydrogen) atoms. The van der Waals surface area contributed by atoms with Crippen molar-refractivity contribution in [3.63, 3.8) is 0 Å². The molecule has 0 saturated carbocycles. The Morgan fingerprint density at radius 3 is 2.40 bits per heavy atom. The highest BCUT2D eigenvalue weighted by Gasteiger charge is 2.14. The zero-order chi connectivity index (χ0) is 14.4. The van der Waals surface area contributed by atoms with Crippen molar-refractivity contribution in [3.8, 4) is 5.75 Å². The maximum Gasteiger partial charge on any atom is 0.119 e. The fraction of sp³-hybridized carbons (Fsp3) is 0.333. The Balaban J connectivity index is 2.06. The van der Waals surface area contributed by atoms with E-state index >= 15 is 0 Å². The summed E-state index contributed by atoms with van der Waals surface area (Å²) in [5.74, 6) is 1.45. The highest BCUT2D eigenvalue weighted by atomic mass is 16.5. The second kappa shape index (κ2) is 7.11. The van der Waals surface area contributed by atoms with E-state index in [1.54, 1.807) is 7.11 Å². The molecular formula is C18H23NO. The van der Waals surface area contributed by atoms with Crippen LogP contribution in [0, 0.1) is 5.92 Å². The molecule has 2 nitrogen and oxygen atoms in total. The van der Waals surface area contributed by atoms with Gasteiger partial charge >= 0.3 is 0 Å². The van der Waals surface area contributed by atoms with E-state index in [-0.39, 0.29) is 0 Å². The highest BCUT2D eigenvalue weighted by molar-refractivity contribution is 5.28. The molecular weight excluding hydrogens is 246 g/mol. The molecule has 0 aliphatic carbocycles. The van der Waals surface area contributed by atoms with Gasteiger partial charge in [-0.3, -0.25) is 0 Å². The Kier molecular flexibility index (Phi) is 5.19. The average molecular weight is 269 g/mol. The van der Waals surface area contributed by atoms with Crippen LogP contribution in [0.15, 0.2) is 54.6 Å². The van der Waals surface area contributed by atoms with E-state index in [2.05, 4.69) is 61.6 Å². The molecule has 1 N–H and O–H groups in total. The van der Waals surface area contributed by atoms with E-state index in [1.807, 2.05) is 12.1 Å². The molecule has 2 heteroatoms. The first-order valence-corrected chi connectivity index (χ1v) is 7.12. The van der Waals surface area contributed by atoms with Crippen LogP contribution < -0.4 is 10.1 Å². The molecule has 2 aromatic rings. The van der Waals surface area contributed by atoms with E-state index in [9.17, 15) is 0 Å². The fourth-order valence-corrected chi connectivity index (χ4v) is 2.41. The summed E-state index contributed by atoms with van der Waals surface area (Å²) in [6.45, 7) is 5.33. The SMILES string of the molecule is COc1cccc(CNC(c2ccccc2)C(C)C)c1. The molecule has 0 spiro atoms. The van der Waals surface area contributed by atoms with Crippen molar-refractivity contribution in [2.45, 2.75) is 26.4 Å². The molecule has 0 bridgehead atoms. The molecule has 0 amide bonds. The summed E-state index contributed by atoms with van der Waals surface area (Å²) in [5, 5.41) is 3.65. The predicted octanol–water partition coefficient (Wildman–Crippen LogP) is 4.18. The lowest BCUT2D eigenvalue weighted by molar-refractivity contribution is 0.405. The summed E-state index contributed by atoms with van der Waals surface area (Å²) < 4.78 is 5.27. The zero-order valence-electron chi connectivity index (χ0n) is 12.5. The van der Waals surface area contributed by atoms with E-state index in [4.69, 9.17) is 4.74 Å². The van der Waals surface area contributed by atoms with E-state index < -0.39 is 0 Å². The highest BCUT2D eigenvalue weighted by Crippen LogP contribution is 2.22. The second-order valence-corrected chi connectivity index (χ2v) is 5.36. The Labute approximate surface area is 121 Å². The quantitative estimate of drug-likeness (QED) is 0.849. The number of hydrogen-bond acceptors (Lipinski definition) is 2. The summed E-state index contributed by atoms with van der Waals surface area (Å²) in [7, 11) is 1.70. The first kappa shape index (κ1) is 14.6. The van der Waals surface area contributed by atoms with Crippen molar-refractivity contribution >= 4 is 0 Å². The Bertz CT molecular complexity index is 522. The molecule has 2 rings (SSSR count). The summed E-state index contributed by atoms with van der Waals surface area (Å²) >= 11 is 0. The van der Waals surface area contributed by atoms with Gasteiger partial charge in [-0.05, 0) is 29.2 Å². The predicted molar refractivity (Wildman–Crippen MR) is 83.9 cm³/mol. The number of ether oxygens (including phenoxy) is 1. The normalized spacial score (nSPS) is 12.4. The number of hydrogen-bond donors (Lipinski definition) is 1. The zero-order valence-corrected chi connectivity index (χ0v) is 12.5. The van der Waals surface area contributed by atoms with Gasteiger partial charge in [-0.15, -0.1) is 0 Å². The van der Waals surface area contributed by atoms with Crippen molar-refractivity contribution in [1.82, 2.24) is 5.32 Å². The summed E-state index contributed by atoms with van der Waals surface area (Å²) in [6.07, 6.45) is 0. The molecule has 0 radical (unpaired) electrons. The lowest BCUT2D eigenvalue weighted by atomic mass is 9.96. The third-order valence-corrected chi connectivity index (χ3v) is 3.49. The lowest BCUT2D eigenvalue weighted by Crippen LogP contribution is -2.25. The first-order valence-electron chi connectivity index (χ1n) is 7.12. The van der Waals surface area contributed by atoms with Crippen LogP contribution in [0.1, 0.15) is 31.0 Å². The Morgan fingerprint density at radius 2 is 1.75 bits per heavy atom. The molecule has 2 aromatic carbocycles. The van der Waals surface area contributed by atoms with E-state index in [0.717, 1.165) is 12.3 Å². The van der Waals surface area contributed by atoms with Crippen LogP contribution in [0.4, 0.5) is 0 Å². The monoisotopic (exact) mass is 269 g/mol. The Morgan fingerprint density at radius 1 is 1.00 bits per heavy atom. The van der Waals surface area contributed by atoms with Crippen LogP contribution in [0.3, 0.4) is 0 Å². The van der Waals surface area contributed by atoms with Gasteiger partial charge in [-0.1, -0.05) is 56.3 Å². The van der Waals surface area contributed by atoms with Gasteiger partial charge in [0.05, 0.1) is 7.11 Å². The smallest absolute Gasteiger partial charge is 0.119 e. The van der Waals surface area contributed by atoms with Gasteiger partial charge in [0.15, 0.2) is 0 Å². The second-order valence-electron chi connectivity index (χ2n) is 5.36. The summed E-state index contributed by atoms with van der Waals surface area (Å²) in [4.78, 5) is 0. The summed E-state index contributed by atoms with van der Waals surface area (Å²) in [6, 6.07) is 19.2. The molecule has 0 aliphatic rings. The van der Waals surface area contributed by atoms with Gasteiger partial charge in [-0.2, -0.15) is 0 Å². The van der Waals surface area contributed by atoms with Crippen molar-refractivity contribution < 1.29 is 4.74 Å². The third kappa shape index (κ3) is 3.84. The van der Waals surface area contributed by atoms with Crippen molar-refractivity contribution in [1.29, 1.82) is 0 Å². The molecule has 106 valence electrons. The van der Waals surface area contributed by atoms with Gasteiger partial charge in [0, 0.05) is 12.6 Å². The molecule has 0 heterocycles. The van der Waals surface area contributed by atoms with E-state index in [0.29, 0.717) is 12.0 Å². The number of methoxy groups -OCH3 is 1. The topological polar surface area (TPSA) is 21.3 Å². The minimum absolute atomic E-state index is 0.363. The van der Waals surface area contributed by atoms with E-state index in [1.165, 1.54) is 11.1 Å². The van der Waals surface area contributed by atoms with Gasteiger partial charge in [0.2, 0.25) is 0 Å². The maximum absolute atomic E-state index is 5.27. The Hall–Kier alpha value is -1.80. The minimum Gasteiger partial charge on any atom is -0.497 e. The number of benzene rings is 2. The first-order chi connectivity index (χ1) is 9.70. The molecule has 0 aliphatic heterocycles. The largest absolute Gasteiger partial charge is 0.497 e. The van der Waals surface area contributed by atoms with Crippen molar-refractivity contribution in [2.24, 2.45) is 5.92 Å². The molecule has 0 aromatic heterocycles. The molecule has 1 unspecified atom stereocenters. The van der Waals surface area contributed by atoms with Gasteiger partial charge in [-0.25, -0.2) is 0 Å². The fourth-order valence-electron chi connectivity index (χ4n) is 2.41. The van der Waals surface area contributed by atoms with Gasteiger partial charge in [0.25, 0.3) is 0 Å². The van der Waals surface area contributed by atoms with Crippen LogP contribution >= 0.6 is 0 Å². The average Bonchev–Trinajstić information content (AvgIpc) is 2.48. The van der Waals surface area contributed by atoms with Crippen LogP contribution in [0.25, 0.3) is 0 Å². The van der Waals surface area contributed by atoms with Crippen molar-refractivity contribution in [2.75, 3.05) is 7.11 Å². The van der Waals surface area contributed by atoms with Gasteiger partial charge in [0.1, 0.15) is 5.75 Å². The maximum atomic E-state index is 5.27. The van der Waals surface area contributed by atoms with Crippen LogP contribution in [0.2, 0.25) is 0 Å². The van der Waals surface area contributed by atoms with Crippen LogP contribution in [0.5, 0.6) is 5.75 Å². The summed E-state index contributed by atoms with van der Waals surface area (Å²) in [5.41, 5.74) is 2.58. The van der Waals surface area contributed by atoms with Crippen molar-refractivity contribution in [3.05, 3.63) is 65.7 Å². The minimum atomic E-state index is 0.363. The number of nitrogens with one attached hydrogen (secondary N) is 1.